The predicted molar refractivity (Wildman–Crippen MR) is 100.0 cm³/mol. The van der Waals surface area contributed by atoms with E-state index >= 15 is 0 Å². The number of halogens is 4. The summed E-state index contributed by atoms with van der Waals surface area (Å²) in [4.78, 5) is 24.7. The molecule has 154 valence electrons. The Labute approximate surface area is 167 Å². The van der Waals surface area contributed by atoms with Crippen LogP contribution in [0.2, 0.25) is 0 Å². The van der Waals surface area contributed by atoms with Gasteiger partial charge in [-0.2, -0.15) is 18.3 Å². The van der Waals surface area contributed by atoms with Gasteiger partial charge in [-0.05, 0) is 29.8 Å². The lowest BCUT2D eigenvalue weighted by Crippen LogP contribution is -2.24. The Bertz CT molecular complexity index is 1120. The summed E-state index contributed by atoms with van der Waals surface area (Å²) in [6.45, 7) is 0. The maximum Gasteiger partial charge on any atom is 0.418 e. The number of rotatable bonds is 4. The molecule has 0 radical (unpaired) electrons. The second-order valence-electron chi connectivity index (χ2n) is 6.66. The Morgan fingerprint density at radius 2 is 1.83 bits per heavy atom. The number of benzene rings is 2. The van der Waals surface area contributed by atoms with E-state index in [1.807, 2.05) is 0 Å². The molecule has 4 rings (SSSR count). The van der Waals surface area contributed by atoms with Gasteiger partial charge < -0.3 is 10.6 Å². The van der Waals surface area contributed by atoms with E-state index in [9.17, 15) is 27.2 Å². The first-order valence-corrected chi connectivity index (χ1v) is 8.84. The van der Waals surface area contributed by atoms with Crippen LogP contribution in [0.5, 0.6) is 0 Å². The van der Waals surface area contributed by atoms with Gasteiger partial charge in [0.1, 0.15) is 17.7 Å². The molecule has 0 saturated carbocycles. The van der Waals surface area contributed by atoms with Crippen LogP contribution in [-0.4, -0.2) is 21.6 Å². The quantitative estimate of drug-likeness (QED) is 0.623. The number of fused-ring (bicyclic) bond motifs is 1. The third kappa shape index (κ3) is 3.63. The summed E-state index contributed by atoms with van der Waals surface area (Å²) in [6, 6.07) is 9.13. The summed E-state index contributed by atoms with van der Waals surface area (Å²) in [6.07, 6.45) is -3.57. The molecule has 1 aromatic heterocycles. The summed E-state index contributed by atoms with van der Waals surface area (Å²) >= 11 is 0. The number of amides is 2. The molecule has 0 fully saturated rings. The lowest BCUT2D eigenvalue weighted by molar-refractivity contribution is -0.137. The Balaban J connectivity index is 1.54. The number of alkyl halides is 3. The minimum Gasteiger partial charge on any atom is -0.325 e. The average Bonchev–Trinajstić information content (AvgIpc) is 3.22. The highest BCUT2D eigenvalue weighted by Gasteiger charge is 2.36. The third-order valence-corrected chi connectivity index (χ3v) is 4.68. The maximum absolute atomic E-state index is 13.1. The molecule has 6 nitrogen and oxygen atoms in total. The van der Waals surface area contributed by atoms with Crippen LogP contribution in [0.15, 0.2) is 54.7 Å². The lowest BCUT2D eigenvalue weighted by Gasteiger charge is -2.14. The minimum atomic E-state index is -4.63. The van der Waals surface area contributed by atoms with Crippen molar-refractivity contribution in [2.75, 3.05) is 10.6 Å². The highest BCUT2D eigenvalue weighted by molar-refractivity contribution is 6.04. The standard InChI is InChI=1S/C20H14F4N4O2/c21-12-7-5-11(6-8-12)13-10-25-28-16(19(30)27-18(13)28)9-17(29)26-15-4-2-1-3-14(15)20(22,23)24/h1-8,10,16H,9H2,(H,26,29)(H,27,30). The first kappa shape index (κ1) is 19.6. The summed E-state index contributed by atoms with van der Waals surface area (Å²) in [5.41, 5.74) is -0.218. The molecule has 2 heterocycles. The Hall–Kier alpha value is -3.69. The number of aromatic nitrogens is 2. The molecule has 1 aliphatic heterocycles. The number of carbonyl (C=O) groups excluding carboxylic acids is 2. The Morgan fingerprint density at radius 3 is 2.53 bits per heavy atom. The smallest absolute Gasteiger partial charge is 0.325 e. The molecule has 2 amide bonds. The Morgan fingerprint density at radius 1 is 1.13 bits per heavy atom. The van der Waals surface area contributed by atoms with Gasteiger partial charge in [0, 0.05) is 5.56 Å². The highest BCUT2D eigenvalue weighted by Crippen LogP contribution is 2.37. The van der Waals surface area contributed by atoms with Gasteiger partial charge >= 0.3 is 6.18 Å². The molecule has 3 aromatic rings. The van der Waals surface area contributed by atoms with E-state index in [4.69, 9.17) is 0 Å². The zero-order chi connectivity index (χ0) is 21.5. The minimum absolute atomic E-state index is 0.333. The molecule has 0 saturated heterocycles. The second kappa shape index (κ2) is 7.29. The van der Waals surface area contributed by atoms with Crippen LogP contribution in [0, 0.1) is 5.82 Å². The first-order chi connectivity index (χ1) is 14.2. The summed E-state index contributed by atoms with van der Waals surface area (Å²) < 4.78 is 53.7. The van der Waals surface area contributed by atoms with Gasteiger partial charge in [-0.3, -0.25) is 9.59 Å². The number of hydrogen-bond acceptors (Lipinski definition) is 3. The van der Waals surface area contributed by atoms with Gasteiger partial charge in [-0.25, -0.2) is 9.07 Å². The van der Waals surface area contributed by atoms with Crippen LogP contribution < -0.4 is 10.6 Å². The van der Waals surface area contributed by atoms with Crippen molar-refractivity contribution in [1.29, 1.82) is 0 Å². The molecule has 10 heteroatoms. The summed E-state index contributed by atoms with van der Waals surface area (Å²) in [7, 11) is 0. The molecule has 1 aliphatic rings. The third-order valence-electron chi connectivity index (χ3n) is 4.68. The fraction of sp³-hybridized carbons (Fsp3) is 0.150. The van der Waals surface area contributed by atoms with Crippen LogP contribution in [0.25, 0.3) is 11.1 Å². The maximum atomic E-state index is 13.1. The van der Waals surface area contributed by atoms with Crippen molar-refractivity contribution in [2.24, 2.45) is 0 Å². The molecule has 0 bridgehead atoms. The molecule has 2 aromatic carbocycles. The van der Waals surface area contributed by atoms with Gasteiger partial charge in [-0.15, -0.1) is 0 Å². The molecule has 30 heavy (non-hydrogen) atoms. The highest BCUT2D eigenvalue weighted by atomic mass is 19.4. The number of hydrogen-bond donors (Lipinski definition) is 2. The number of para-hydroxylation sites is 1. The summed E-state index contributed by atoms with van der Waals surface area (Å²) in [5.74, 6) is -1.36. The first-order valence-electron chi connectivity index (χ1n) is 8.84. The second-order valence-corrected chi connectivity index (χ2v) is 6.66. The van der Waals surface area contributed by atoms with E-state index in [2.05, 4.69) is 15.7 Å². The zero-order valence-electron chi connectivity index (χ0n) is 15.2. The van der Waals surface area contributed by atoms with Gasteiger partial charge in [0.2, 0.25) is 5.91 Å². The van der Waals surface area contributed by atoms with Gasteiger partial charge in [-0.1, -0.05) is 24.3 Å². The number of nitrogens with zero attached hydrogens (tertiary/aromatic N) is 2. The van der Waals surface area contributed by atoms with Crippen molar-refractivity contribution in [3.63, 3.8) is 0 Å². The van der Waals surface area contributed by atoms with Crippen LogP contribution in [-0.2, 0) is 15.8 Å². The van der Waals surface area contributed by atoms with Crippen molar-refractivity contribution in [3.8, 4) is 11.1 Å². The van der Waals surface area contributed by atoms with E-state index in [0.29, 0.717) is 16.9 Å². The van der Waals surface area contributed by atoms with Crippen molar-refractivity contribution >= 4 is 23.3 Å². The molecule has 1 atom stereocenters. The van der Waals surface area contributed by atoms with Crippen molar-refractivity contribution in [2.45, 2.75) is 18.6 Å². The van der Waals surface area contributed by atoms with Crippen molar-refractivity contribution < 1.29 is 27.2 Å². The lowest BCUT2D eigenvalue weighted by atomic mass is 10.1. The zero-order valence-corrected chi connectivity index (χ0v) is 15.2. The number of anilines is 2. The largest absolute Gasteiger partial charge is 0.418 e. The van der Waals surface area contributed by atoms with Crippen molar-refractivity contribution in [3.05, 3.63) is 66.1 Å². The topological polar surface area (TPSA) is 76.0 Å². The van der Waals surface area contributed by atoms with E-state index in [1.54, 1.807) is 0 Å². The van der Waals surface area contributed by atoms with Gasteiger partial charge in [0.05, 0.1) is 23.9 Å². The normalized spacial score (nSPS) is 15.6. The van der Waals surface area contributed by atoms with Crippen molar-refractivity contribution in [1.82, 2.24) is 9.78 Å². The molecular formula is C20H14F4N4O2. The molecule has 1 unspecified atom stereocenters. The SMILES string of the molecule is O=C(CC1C(=O)Nc2c(-c3ccc(F)cc3)cnn21)Nc1ccccc1C(F)(F)F. The van der Waals surface area contributed by atoms with Crippen LogP contribution in [0.4, 0.5) is 29.1 Å². The predicted octanol–water partition coefficient (Wildman–Crippen LogP) is 4.23. The van der Waals surface area contributed by atoms with Crippen LogP contribution in [0.3, 0.4) is 0 Å². The number of nitrogens with one attached hydrogen (secondary N) is 2. The van der Waals surface area contributed by atoms with E-state index < -0.39 is 41.8 Å². The molecular weight excluding hydrogens is 404 g/mol. The molecule has 2 N–H and O–H groups in total. The van der Waals surface area contributed by atoms with E-state index in [0.717, 1.165) is 12.1 Å². The van der Waals surface area contributed by atoms with Gasteiger partial charge in [0.25, 0.3) is 5.91 Å². The molecule has 0 spiro atoms. The fourth-order valence-electron chi connectivity index (χ4n) is 3.27. The van der Waals surface area contributed by atoms with Crippen LogP contribution in [0.1, 0.15) is 18.0 Å². The molecule has 0 aliphatic carbocycles. The Kier molecular flexibility index (Phi) is 4.76. The fourth-order valence-corrected chi connectivity index (χ4v) is 3.27. The average molecular weight is 418 g/mol. The van der Waals surface area contributed by atoms with Gasteiger partial charge in [0.15, 0.2) is 0 Å². The summed E-state index contributed by atoms with van der Waals surface area (Å²) in [5, 5.41) is 8.96. The monoisotopic (exact) mass is 418 g/mol. The van der Waals surface area contributed by atoms with Crippen LogP contribution >= 0.6 is 0 Å². The number of carbonyl (C=O) groups is 2. The van der Waals surface area contributed by atoms with E-state index in [-0.39, 0.29) is 5.69 Å². The van der Waals surface area contributed by atoms with E-state index in [1.165, 1.54) is 47.3 Å².